The van der Waals surface area contributed by atoms with Crippen molar-refractivity contribution in [3.8, 4) is 0 Å². The molecule has 152 valence electrons. The lowest BCUT2D eigenvalue weighted by Crippen LogP contribution is -2.47. The third-order valence-corrected chi connectivity index (χ3v) is 7.59. The van der Waals surface area contributed by atoms with Crippen molar-refractivity contribution < 1.29 is 13.2 Å². The Morgan fingerprint density at radius 3 is 2.29 bits per heavy atom. The van der Waals surface area contributed by atoms with E-state index in [1.807, 2.05) is 42.5 Å². The van der Waals surface area contributed by atoms with Crippen LogP contribution in [0.5, 0.6) is 0 Å². The first-order chi connectivity index (χ1) is 13.2. The minimum absolute atomic E-state index is 0.0509. The maximum atomic E-state index is 12.5. The Hall–Kier alpha value is -2.12. The number of benzene rings is 2. The molecule has 7 heteroatoms. The number of hydrazine groups is 1. The number of anilines is 1. The van der Waals surface area contributed by atoms with Crippen molar-refractivity contribution in [3.05, 3.63) is 42.5 Å². The Labute approximate surface area is 167 Å². The van der Waals surface area contributed by atoms with Crippen LogP contribution < -0.4 is 15.6 Å². The Kier molecular flexibility index (Phi) is 5.95. The molecule has 2 aromatic carbocycles. The fourth-order valence-electron chi connectivity index (χ4n) is 3.44. The average Bonchev–Trinajstić information content (AvgIpc) is 2.65. The first-order valence-electron chi connectivity index (χ1n) is 9.73. The number of carbonyl (C=O) groups is 1. The first-order valence-corrected chi connectivity index (χ1v) is 11.2. The first kappa shape index (κ1) is 20.6. The number of sulfonamides is 1. The predicted molar refractivity (Wildman–Crippen MR) is 113 cm³/mol. The standard InChI is InChI=1S/C21H29N3O3S/c1-21(2,3)28(26,27)24-17-13-11-16(12-14-17)20(25)23-22-19-10-6-8-15-7-4-5-9-18(15)19/h4-10,16-17,22,24H,11-14H2,1-3H3,(H,23,25)/t16-,17-. The summed E-state index contributed by atoms with van der Waals surface area (Å²) in [5.74, 6) is -0.164. The van der Waals surface area contributed by atoms with Gasteiger partial charge < -0.3 is 0 Å². The summed E-state index contributed by atoms with van der Waals surface area (Å²) in [6, 6.07) is 13.8. The van der Waals surface area contributed by atoms with Crippen LogP contribution in [0.4, 0.5) is 5.69 Å². The topological polar surface area (TPSA) is 87.3 Å². The van der Waals surface area contributed by atoms with E-state index in [0.29, 0.717) is 25.7 Å². The molecule has 2 aromatic rings. The minimum Gasteiger partial charge on any atom is -0.298 e. The molecule has 0 aromatic heterocycles. The molecule has 1 aliphatic rings. The highest BCUT2D eigenvalue weighted by Crippen LogP contribution is 2.27. The normalized spacial score (nSPS) is 20.7. The van der Waals surface area contributed by atoms with Crippen LogP contribution in [0.2, 0.25) is 0 Å². The van der Waals surface area contributed by atoms with Gasteiger partial charge in [-0.25, -0.2) is 13.1 Å². The molecule has 3 N–H and O–H groups in total. The summed E-state index contributed by atoms with van der Waals surface area (Å²) in [5, 5.41) is 2.15. The summed E-state index contributed by atoms with van der Waals surface area (Å²) < 4.78 is 26.6. The van der Waals surface area contributed by atoms with Crippen LogP contribution in [0.3, 0.4) is 0 Å². The number of fused-ring (bicyclic) bond motifs is 1. The van der Waals surface area contributed by atoms with Gasteiger partial charge in [-0.2, -0.15) is 0 Å². The van der Waals surface area contributed by atoms with Crippen LogP contribution in [0.15, 0.2) is 42.5 Å². The molecule has 0 spiro atoms. The zero-order valence-corrected chi connectivity index (χ0v) is 17.5. The Morgan fingerprint density at radius 2 is 1.61 bits per heavy atom. The van der Waals surface area contributed by atoms with Crippen molar-refractivity contribution in [2.75, 3.05) is 5.43 Å². The van der Waals surface area contributed by atoms with E-state index in [4.69, 9.17) is 0 Å². The molecular weight excluding hydrogens is 374 g/mol. The number of hydrogen-bond donors (Lipinski definition) is 3. The lowest BCUT2D eigenvalue weighted by Gasteiger charge is -2.30. The summed E-state index contributed by atoms with van der Waals surface area (Å²) in [5.41, 5.74) is 6.72. The van der Waals surface area contributed by atoms with E-state index in [0.717, 1.165) is 16.5 Å². The van der Waals surface area contributed by atoms with Crippen LogP contribution in [-0.4, -0.2) is 25.1 Å². The van der Waals surface area contributed by atoms with E-state index in [9.17, 15) is 13.2 Å². The average molecular weight is 404 g/mol. The molecule has 1 fully saturated rings. The number of amides is 1. The molecule has 0 atom stereocenters. The van der Waals surface area contributed by atoms with Gasteiger partial charge in [-0.15, -0.1) is 0 Å². The molecule has 1 saturated carbocycles. The monoisotopic (exact) mass is 403 g/mol. The molecule has 3 rings (SSSR count). The predicted octanol–water partition coefficient (Wildman–Crippen LogP) is 3.56. The molecule has 1 aliphatic carbocycles. The minimum atomic E-state index is -3.37. The van der Waals surface area contributed by atoms with E-state index in [-0.39, 0.29) is 17.9 Å². The number of carbonyl (C=O) groups excluding carboxylic acids is 1. The molecule has 0 heterocycles. The summed E-state index contributed by atoms with van der Waals surface area (Å²) >= 11 is 0. The fraction of sp³-hybridized carbons (Fsp3) is 0.476. The summed E-state index contributed by atoms with van der Waals surface area (Å²) in [7, 11) is -3.37. The van der Waals surface area contributed by atoms with Gasteiger partial charge in [0, 0.05) is 17.3 Å². The maximum Gasteiger partial charge on any atom is 0.241 e. The van der Waals surface area contributed by atoms with E-state index in [1.165, 1.54) is 0 Å². The molecule has 0 saturated heterocycles. The fourth-order valence-corrected chi connectivity index (χ4v) is 4.46. The zero-order valence-electron chi connectivity index (χ0n) is 16.7. The third-order valence-electron chi connectivity index (χ3n) is 5.34. The van der Waals surface area contributed by atoms with Crippen molar-refractivity contribution in [1.82, 2.24) is 10.1 Å². The van der Waals surface area contributed by atoms with Crippen LogP contribution in [0, 0.1) is 5.92 Å². The van der Waals surface area contributed by atoms with Gasteiger partial charge in [0.1, 0.15) is 0 Å². The number of hydrogen-bond acceptors (Lipinski definition) is 4. The molecule has 1 amide bonds. The van der Waals surface area contributed by atoms with Gasteiger partial charge in [-0.1, -0.05) is 36.4 Å². The molecule has 0 unspecified atom stereocenters. The largest absolute Gasteiger partial charge is 0.298 e. The second-order valence-electron chi connectivity index (χ2n) is 8.42. The van der Waals surface area contributed by atoms with Gasteiger partial charge in [0.2, 0.25) is 15.9 Å². The summed E-state index contributed by atoms with van der Waals surface area (Å²) in [6.45, 7) is 5.06. The van der Waals surface area contributed by atoms with Gasteiger partial charge in [-0.05, 0) is 57.9 Å². The molecular formula is C21H29N3O3S. The van der Waals surface area contributed by atoms with E-state index < -0.39 is 14.8 Å². The highest BCUT2D eigenvalue weighted by atomic mass is 32.2. The Bertz CT molecular complexity index is 938. The smallest absolute Gasteiger partial charge is 0.241 e. The molecule has 6 nitrogen and oxygen atoms in total. The van der Waals surface area contributed by atoms with Crippen molar-refractivity contribution in [2.24, 2.45) is 5.92 Å². The van der Waals surface area contributed by atoms with Crippen molar-refractivity contribution in [1.29, 1.82) is 0 Å². The van der Waals surface area contributed by atoms with E-state index in [2.05, 4.69) is 15.6 Å². The van der Waals surface area contributed by atoms with Gasteiger partial charge in [-0.3, -0.25) is 15.6 Å². The van der Waals surface area contributed by atoms with Crippen LogP contribution in [-0.2, 0) is 14.8 Å². The molecule has 28 heavy (non-hydrogen) atoms. The summed E-state index contributed by atoms with van der Waals surface area (Å²) in [4.78, 5) is 12.5. The molecule has 0 aliphatic heterocycles. The van der Waals surface area contributed by atoms with E-state index in [1.54, 1.807) is 20.8 Å². The van der Waals surface area contributed by atoms with Crippen molar-refractivity contribution in [2.45, 2.75) is 57.2 Å². The second-order valence-corrected chi connectivity index (χ2v) is 10.9. The molecule has 0 bridgehead atoms. The van der Waals surface area contributed by atoms with Crippen LogP contribution in [0.25, 0.3) is 10.8 Å². The molecule has 0 radical (unpaired) electrons. The van der Waals surface area contributed by atoms with Crippen molar-refractivity contribution in [3.63, 3.8) is 0 Å². The van der Waals surface area contributed by atoms with Gasteiger partial charge in [0.15, 0.2) is 0 Å². The Morgan fingerprint density at radius 1 is 0.964 bits per heavy atom. The highest BCUT2D eigenvalue weighted by Gasteiger charge is 2.34. The van der Waals surface area contributed by atoms with Crippen molar-refractivity contribution >= 4 is 32.4 Å². The quantitative estimate of drug-likeness (QED) is 0.666. The van der Waals surface area contributed by atoms with Crippen LogP contribution in [0.1, 0.15) is 46.5 Å². The van der Waals surface area contributed by atoms with Gasteiger partial charge in [0.05, 0.1) is 10.4 Å². The van der Waals surface area contributed by atoms with Gasteiger partial charge in [0.25, 0.3) is 0 Å². The SMILES string of the molecule is CC(C)(C)S(=O)(=O)N[C@H]1CC[C@H](C(=O)NNc2cccc3ccccc23)CC1. The third kappa shape index (κ3) is 4.64. The number of rotatable bonds is 5. The maximum absolute atomic E-state index is 12.5. The Balaban J connectivity index is 1.53. The van der Waals surface area contributed by atoms with E-state index >= 15 is 0 Å². The van der Waals surface area contributed by atoms with Crippen LogP contribution >= 0.6 is 0 Å². The second kappa shape index (κ2) is 8.09. The van der Waals surface area contributed by atoms with Gasteiger partial charge >= 0.3 is 0 Å². The zero-order chi connectivity index (χ0) is 20.4. The lowest BCUT2D eigenvalue weighted by atomic mass is 9.86. The number of nitrogens with one attached hydrogen (secondary N) is 3. The summed E-state index contributed by atoms with van der Waals surface area (Å²) in [6.07, 6.45) is 2.67. The highest BCUT2D eigenvalue weighted by molar-refractivity contribution is 7.90. The lowest BCUT2D eigenvalue weighted by molar-refractivity contribution is -0.125.